The van der Waals surface area contributed by atoms with E-state index < -0.39 is 10.8 Å². The van der Waals surface area contributed by atoms with E-state index in [4.69, 9.17) is 16.3 Å². The molecule has 26 heavy (non-hydrogen) atoms. The molecule has 0 aliphatic rings. The average molecular weight is 392 g/mol. The van der Waals surface area contributed by atoms with Crippen LogP contribution in [0.2, 0.25) is 5.02 Å². The second kappa shape index (κ2) is 7.77. The van der Waals surface area contributed by atoms with Gasteiger partial charge in [-0.25, -0.2) is 0 Å². The third-order valence-corrected chi connectivity index (χ3v) is 5.04. The lowest BCUT2D eigenvalue weighted by Crippen LogP contribution is -2.19. The number of hydrogen-bond acceptors (Lipinski definition) is 5. The van der Waals surface area contributed by atoms with E-state index in [1.165, 1.54) is 35.6 Å². The van der Waals surface area contributed by atoms with Crippen LogP contribution in [0.3, 0.4) is 0 Å². The molecule has 134 valence electrons. The Balaban J connectivity index is 2.06. The zero-order valence-electron chi connectivity index (χ0n) is 13.7. The van der Waals surface area contributed by atoms with Gasteiger partial charge in [0.2, 0.25) is 0 Å². The number of non-ortho nitro benzene ring substituents is 1. The van der Waals surface area contributed by atoms with E-state index in [9.17, 15) is 14.9 Å². The van der Waals surface area contributed by atoms with Gasteiger partial charge in [0.15, 0.2) is 4.80 Å². The number of hydrogen-bond donors (Lipinski definition) is 0. The molecule has 0 aliphatic carbocycles. The summed E-state index contributed by atoms with van der Waals surface area (Å²) in [6, 6.07) is 10.9. The van der Waals surface area contributed by atoms with Crippen molar-refractivity contribution in [2.24, 2.45) is 4.99 Å². The number of thiazole rings is 1. The van der Waals surface area contributed by atoms with Crippen LogP contribution in [0, 0.1) is 10.1 Å². The molecule has 3 rings (SSSR count). The molecule has 0 bridgehead atoms. The Morgan fingerprint density at radius 3 is 2.69 bits per heavy atom. The molecule has 1 heterocycles. The molecule has 0 atom stereocenters. The lowest BCUT2D eigenvalue weighted by atomic mass is 10.2. The average Bonchev–Trinajstić information content (AvgIpc) is 2.98. The van der Waals surface area contributed by atoms with Gasteiger partial charge in [-0.15, -0.1) is 0 Å². The number of para-hydroxylation sites is 1. The minimum atomic E-state index is -0.516. The van der Waals surface area contributed by atoms with Crippen LogP contribution in [0.25, 0.3) is 10.2 Å². The predicted octanol–water partition coefficient (Wildman–Crippen LogP) is 3.65. The first kappa shape index (κ1) is 18.2. The number of nitro groups is 1. The van der Waals surface area contributed by atoms with Crippen LogP contribution in [0.4, 0.5) is 5.69 Å². The molecular formula is C17H14ClN3O4S. The smallest absolute Gasteiger partial charge is 0.279 e. The molecule has 0 saturated carbocycles. The van der Waals surface area contributed by atoms with Crippen LogP contribution >= 0.6 is 22.9 Å². The first-order valence-electron chi connectivity index (χ1n) is 7.61. The largest absolute Gasteiger partial charge is 0.383 e. The number of rotatable bonds is 5. The van der Waals surface area contributed by atoms with Crippen LogP contribution in [0.5, 0.6) is 0 Å². The van der Waals surface area contributed by atoms with Crippen molar-refractivity contribution < 1.29 is 14.5 Å². The number of amides is 1. The Labute approximate surface area is 157 Å². The lowest BCUT2D eigenvalue weighted by Gasteiger charge is -2.05. The van der Waals surface area contributed by atoms with Crippen molar-refractivity contribution in [2.45, 2.75) is 6.54 Å². The van der Waals surface area contributed by atoms with E-state index in [0.717, 1.165) is 10.2 Å². The quantitative estimate of drug-likeness (QED) is 0.490. The predicted molar refractivity (Wildman–Crippen MR) is 99.7 cm³/mol. The molecule has 0 N–H and O–H groups in total. The first-order valence-corrected chi connectivity index (χ1v) is 8.81. The van der Waals surface area contributed by atoms with Crippen LogP contribution in [-0.2, 0) is 11.3 Å². The fourth-order valence-corrected chi connectivity index (χ4v) is 3.85. The number of carbonyl (C=O) groups excluding carboxylic acids is 1. The Morgan fingerprint density at radius 1 is 1.31 bits per heavy atom. The number of fused-ring (bicyclic) bond motifs is 1. The zero-order chi connectivity index (χ0) is 18.7. The van der Waals surface area contributed by atoms with E-state index in [0.29, 0.717) is 23.0 Å². The molecule has 0 spiro atoms. The maximum atomic E-state index is 12.5. The first-order chi connectivity index (χ1) is 12.5. The number of benzene rings is 2. The lowest BCUT2D eigenvalue weighted by molar-refractivity contribution is -0.384. The van der Waals surface area contributed by atoms with Crippen molar-refractivity contribution in [2.75, 3.05) is 13.7 Å². The molecule has 0 fully saturated rings. The molecule has 0 saturated heterocycles. The summed E-state index contributed by atoms with van der Waals surface area (Å²) in [4.78, 5) is 27.4. The van der Waals surface area contributed by atoms with Crippen molar-refractivity contribution in [1.29, 1.82) is 0 Å². The Bertz CT molecular complexity index is 1040. The third kappa shape index (κ3) is 3.67. The number of halogens is 1. The molecular weight excluding hydrogens is 378 g/mol. The standard InChI is InChI=1S/C17H14ClN3O4S/c1-25-10-9-20-15-13(18)3-2-4-14(15)26-17(20)19-16(22)11-5-7-12(8-6-11)21(23)24/h2-8H,9-10H2,1H3. The van der Waals surface area contributed by atoms with Crippen molar-refractivity contribution >= 4 is 44.7 Å². The highest BCUT2D eigenvalue weighted by molar-refractivity contribution is 7.16. The SMILES string of the molecule is COCCn1c(=NC(=O)c2ccc([N+](=O)[O-])cc2)sc2cccc(Cl)c21. The maximum absolute atomic E-state index is 12.5. The topological polar surface area (TPSA) is 86.7 Å². The molecule has 9 heteroatoms. The number of methoxy groups -OCH3 is 1. The summed E-state index contributed by atoms with van der Waals surface area (Å²) in [5.41, 5.74) is 0.995. The van der Waals surface area contributed by atoms with Crippen molar-refractivity contribution in [3.05, 3.63) is 68.0 Å². The van der Waals surface area contributed by atoms with E-state index in [1.807, 2.05) is 16.7 Å². The van der Waals surface area contributed by atoms with Crippen LogP contribution < -0.4 is 4.80 Å². The van der Waals surface area contributed by atoms with E-state index in [2.05, 4.69) is 4.99 Å². The number of carbonyl (C=O) groups is 1. The molecule has 0 unspecified atom stereocenters. The fourth-order valence-electron chi connectivity index (χ4n) is 2.44. The van der Waals surface area contributed by atoms with Crippen LogP contribution in [0.15, 0.2) is 47.5 Å². The highest BCUT2D eigenvalue weighted by atomic mass is 35.5. The highest BCUT2D eigenvalue weighted by Gasteiger charge is 2.12. The minimum absolute atomic E-state index is 0.0784. The number of aromatic nitrogens is 1. The van der Waals surface area contributed by atoms with Crippen LogP contribution in [-0.4, -0.2) is 29.1 Å². The van der Waals surface area contributed by atoms with Crippen molar-refractivity contribution in [3.8, 4) is 0 Å². The summed E-state index contributed by atoms with van der Waals surface area (Å²) in [5, 5.41) is 11.3. The minimum Gasteiger partial charge on any atom is -0.383 e. The molecule has 1 amide bonds. The summed E-state index contributed by atoms with van der Waals surface area (Å²) in [7, 11) is 1.59. The van der Waals surface area contributed by atoms with Gasteiger partial charge in [-0.3, -0.25) is 14.9 Å². The van der Waals surface area contributed by atoms with E-state index >= 15 is 0 Å². The third-order valence-electron chi connectivity index (χ3n) is 3.69. The molecule has 2 aromatic carbocycles. The van der Waals surface area contributed by atoms with Gasteiger partial charge in [-0.2, -0.15) is 4.99 Å². The van der Waals surface area contributed by atoms with Gasteiger partial charge < -0.3 is 9.30 Å². The van der Waals surface area contributed by atoms with Crippen molar-refractivity contribution in [1.82, 2.24) is 4.57 Å². The van der Waals surface area contributed by atoms with Gasteiger partial charge in [0.25, 0.3) is 11.6 Å². The second-order valence-corrected chi connectivity index (χ2v) is 6.75. The fraction of sp³-hybridized carbons (Fsp3) is 0.176. The van der Waals surface area contributed by atoms with Gasteiger partial charge in [0.05, 0.1) is 26.8 Å². The zero-order valence-corrected chi connectivity index (χ0v) is 15.3. The molecule has 0 radical (unpaired) electrons. The molecule has 3 aromatic rings. The second-order valence-electron chi connectivity index (χ2n) is 5.34. The number of nitro benzene ring substituents is 1. The van der Waals surface area contributed by atoms with Gasteiger partial charge in [0, 0.05) is 31.4 Å². The van der Waals surface area contributed by atoms with E-state index in [1.54, 1.807) is 13.2 Å². The maximum Gasteiger partial charge on any atom is 0.279 e. The summed E-state index contributed by atoms with van der Waals surface area (Å²) in [5.74, 6) is -0.478. The molecule has 7 nitrogen and oxygen atoms in total. The monoisotopic (exact) mass is 391 g/mol. The molecule has 1 aromatic heterocycles. The highest BCUT2D eigenvalue weighted by Crippen LogP contribution is 2.25. The number of nitrogens with zero attached hydrogens (tertiary/aromatic N) is 3. The summed E-state index contributed by atoms with van der Waals surface area (Å²) in [6.45, 7) is 0.933. The normalized spacial score (nSPS) is 11.8. The Kier molecular flexibility index (Phi) is 5.46. The van der Waals surface area contributed by atoms with Gasteiger partial charge in [0.1, 0.15) is 0 Å². The van der Waals surface area contributed by atoms with Crippen molar-refractivity contribution in [3.63, 3.8) is 0 Å². The van der Waals surface area contributed by atoms with Crippen LogP contribution in [0.1, 0.15) is 10.4 Å². The summed E-state index contributed by atoms with van der Waals surface area (Å²) in [6.07, 6.45) is 0. The van der Waals surface area contributed by atoms with Gasteiger partial charge >= 0.3 is 0 Å². The Hall–Kier alpha value is -2.55. The van der Waals surface area contributed by atoms with Gasteiger partial charge in [-0.05, 0) is 24.3 Å². The van der Waals surface area contributed by atoms with Gasteiger partial charge in [-0.1, -0.05) is 29.0 Å². The summed E-state index contributed by atoms with van der Waals surface area (Å²) >= 11 is 7.66. The number of ether oxygens (including phenoxy) is 1. The summed E-state index contributed by atoms with van der Waals surface area (Å²) < 4.78 is 7.88. The van der Waals surface area contributed by atoms with E-state index in [-0.39, 0.29) is 11.3 Å². The Morgan fingerprint density at radius 2 is 2.04 bits per heavy atom. The molecule has 0 aliphatic heterocycles.